The highest BCUT2D eigenvalue weighted by atomic mass is 16.2. The fourth-order valence-corrected chi connectivity index (χ4v) is 2.80. The molecule has 21 heavy (non-hydrogen) atoms. The van der Waals surface area contributed by atoms with Gasteiger partial charge in [0.15, 0.2) is 5.82 Å². The maximum Gasteiger partial charge on any atom is 0.239 e. The van der Waals surface area contributed by atoms with Gasteiger partial charge in [0.05, 0.1) is 12.2 Å². The first-order chi connectivity index (χ1) is 10.3. The molecule has 0 spiro atoms. The predicted octanol–water partition coefficient (Wildman–Crippen LogP) is 0.522. The van der Waals surface area contributed by atoms with Crippen molar-refractivity contribution in [1.82, 2.24) is 20.0 Å². The number of pyridine rings is 1. The zero-order valence-corrected chi connectivity index (χ0v) is 11.9. The number of nitrogens with one attached hydrogen (secondary N) is 2. The lowest BCUT2D eigenvalue weighted by molar-refractivity contribution is -0.120. The molecule has 2 aromatic rings. The minimum Gasteiger partial charge on any atom is -0.353 e. The average molecular weight is 285 g/mol. The Balaban J connectivity index is 1.70. The van der Waals surface area contributed by atoms with E-state index in [2.05, 4.69) is 19.9 Å². The normalized spacial score (nSPS) is 19.0. The number of carbonyl (C=O) groups is 1. The number of fused-ring (bicyclic) bond motifs is 1. The van der Waals surface area contributed by atoms with Crippen LogP contribution in [-0.4, -0.2) is 41.0 Å². The van der Waals surface area contributed by atoms with Gasteiger partial charge < -0.3 is 19.9 Å². The second-order valence-electron chi connectivity index (χ2n) is 5.74. The van der Waals surface area contributed by atoms with Crippen LogP contribution in [0.15, 0.2) is 24.4 Å². The van der Waals surface area contributed by atoms with Gasteiger partial charge in [0.1, 0.15) is 5.65 Å². The van der Waals surface area contributed by atoms with Crippen LogP contribution in [0.2, 0.25) is 0 Å². The molecule has 110 valence electrons. The van der Waals surface area contributed by atoms with Crippen LogP contribution in [0.3, 0.4) is 0 Å². The largest absolute Gasteiger partial charge is 0.353 e. The van der Waals surface area contributed by atoms with Crippen LogP contribution in [0.25, 0.3) is 5.65 Å². The molecule has 3 heterocycles. The monoisotopic (exact) mass is 285 g/mol. The molecule has 0 aromatic carbocycles. The van der Waals surface area contributed by atoms with E-state index in [4.69, 9.17) is 4.98 Å². The van der Waals surface area contributed by atoms with Crippen molar-refractivity contribution in [2.45, 2.75) is 25.4 Å². The highest BCUT2D eigenvalue weighted by Crippen LogP contribution is 2.25. The Morgan fingerprint density at radius 3 is 3.10 bits per heavy atom. The molecule has 2 aromatic heterocycles. The number of imidazole rings is 1. The molecule has 2 fully saturated rings. The van der Waals surface area contributed by atoms with E-state index in [-0.39, 0.29) is 5.91 Å². The van der Waals surface area contributed by atoms with Gasteiger partial charge in [0.2, 0.25) is 5.91 Å². The number of hydrogen-bond acceptors (Lipinski definition) is 4. The van der Waals surface area contributed by atoms with Crippen molar-refractivity contribution in [3.8, 4) is 0 Å². The maximum absolute atomic E-state index is 11.6. The van der Waals surface area contributed by atoms with E-state index in [0.29, 0.717) is 19.1 Å². The molecule has 0 unspecified atom stereocenters. The highest BCUT2D eigenvalue weighted by molar-refractivity contribution is 5.82. The molecule has 0 radical (unpaired) electrons. The smallest absolute Gasteiger partial charge is 0.239 e. The van der Waals surface area contributed by atoms with Gasteiger partial charge in [-0.1, -0.05) is 6.07 Å². The number of piperazine rings is 1. The summed E-state index contributed by atoms with van der Waals surface area (Å²) in [7, 11) is 0. The molecule has 6 nitrogen and oxygen atoms in total. The quantitative estimate of drug-likeness (QED) is 0.860. The van der Waals surface area contributed by atoms with Gasteiger partial charge in [0, 0.05) is 31.9 Å². The number of aromatic nitrogens is 2. The van der Waals surface area contributed by atoms with Gasteiger partial charge in [-0.2, -0.15) is 0 Å². The third-order valence-corrected chi connectivity index (χ3v) is 4.08. The molecule has 4 rings (SSSR count). The van der Waals surface area contributed by atoms with Crippen LogP contribution in [0, 0.1) is 0 Å². The minimum absolute atomic E-state index is 0.0689. The molecule has 2 aliphatic rings. The van der Waals surface area contributed by atoms with Gasteiger partial charge in [-0.15, -0.1) is 0 Å². The molecule has 1 saturated carbocycles. The second kappa shape index (κ2) is 5.04. The third-order valence-electron chi connectivity index (χ3n) is 4.08. The Morgan fingerprint density at radius 2 is 2.29 bits per heavy atom. The number of anilines is 1. The summed E-state index contributed by atoms with van der Waals surface area (Å²) in [5, 5.41) is 6.42. The second-order valence-corrected chi connectivity index (χ2v) is 5.74. The van der Waals surface area contributed by atoms with Crippen molar-refractivity contribution >= 4 is 17.4 Å². The first-order valence-corrected chi connectivity index (χ1v) is 7.52. The van der Waals surface area contributed by atoms with Crippen LogP contribution in [-0.2, 0) is 11.3 Å². The fourth-order valence-electron chi connectivity index (χ4n) is 2.80. The number of carbonyl (C=O) groups excluding carboxylic acids is 1. The Kier molecular flexibility index (Phi) is 3.03. The van der Waals surface area contributed by atoms with E-state index in [9.17, 15) is 4.79 Å². The predicted molar refractivity (Wildman–Crippen MR) is 80.3 cm³/mol. The number of nitrogens with zero attached hydrogens (tertiary/aromatic N) is 3. The molecule has 1 amide bonds. The molecule has 1 aliphatic carbocycles. The summed E-state index contributed by atoms with van der Waals surface area (Å²) in [6.45, 7) is 2.68. The van der Waals surface area contributed by atoms with E-state index in [1.165, 1.54) is 12.8 Å². The standard InChI is InChI=1S/C15H19N5O/c21-14-10-19(8-6-16-14)15-12(9-17-11-4-5-11)20-7-2-1-3-13(20)18-15/h1-3,7,11,17H,4-6,8-10H2,(H,16,21). The molecule has 0 bridgehead atoms. The number of hydrogen-bond donors (Lipinski definition) is 2. The van der Waals surface area contributed by atoms with Crippen molar-refractivity contribution in [2.75, 3.05) is 24.5 Å². The van der Waals surface area contributed by atoms with Crippen molar-refractivity contribution in [1.29, 1.82) is 0 Å². The van der Waals surface area contributed by atoms with Gasteiger partial charge in [-0.3, -0.25) is 4.79 Å². The average Bonchev–Trinajstić information content (AvgIpc) is 3.25. The zero-order valence-electron chi connectivity index (χ0n) is 11.9. The van der Waals surface area contributed by atoms with Crippen molar-refractivity contribution in [3.05, 3.63) is 30.1 Å². The summed E-state index contributed by atoms with van der Waals surface area (Å²) in [6, 6.07) is 6.67. The summed E-state index contributed by atoms with van der Waals surface area (Å²) >= 11 is 0. The molecule has 1 aliphatic heterocycles. The number of rotatable bonds is 4. The zero-order chi connectivity index (χ0) is 14.2. The summed E-state index contributed by atoms with van der Waals surface area (Å²) in [6.07, 6.45) is 4.57. The van der Waals surface area contributed by atoms with Gasteiger partial charge >= 0.3 is 0 Å². The summed E-state index contributed by atoms with van der Waals surface area (Å²) < 4.78 is 2.12. The van der Waals surface area contributed by atoms with Crippen LogP contribution in [0.1, 0.15) is 18.5 Å². The van der Waals surface area contributed by atoms with Gasteiger partial charge in [-0.25, -0.2) is 4.98 Å². The van der Waals surface area contributed by atoms with Gasteiger partial charge in [0.25, 0.3) is 0 Å². The molecular weight excluding hydrogens is 266 g/mol. The molecule has 0 atom stereocenters. The topological polar surface area (TPSA) is 61.7 Å². The van der Waals surface area contributed by atoms with Gasteiger partial charge in [-0.05, 0) is 25.0 Å². The van der Waals surface area contributed by atoms with Crippen molar-refractivity contribution in [2.24, 2.45) is 0 Å². The SMILES string of the molecule is O=C1CN(c2nc3ccccn3c2CNC2CC2)CCN1. The Bertz CT molecular complexity index is 676. The first-order valence-electron chi connectivity index (χ1n) is 7.52. The van der Waals surface area contributed by atoms with Crippen LogP contribution < -0.4 is 15.5 Å². The first kappa shape index (κ1) is 12.6. The van der Waals surface area contributed by atoms with Crippen molar-refractivity contribution in [3.63, 3.8) is 0 Å². The van der Waals surface area contributed by atoms with E-state index in [1.807, 2.05) is 24.4 Å². The summed E-state index contributed by atoms with van der Waals surface area (Å²) in [5.74, 6) is 1.00. The molecule has 1 saturated heterocycles. The Labute approximate surface area is 123 Å². The Morgan fingerprint density at radius 1 is 1.38 bits per heavy atom. The lowest BCUT2D eigenvalue weighted by atomic mass is 10.3. The summed E-state index contributed by atoms with van der Waals surface area (Å²) in [5.41, 5.74) is 2.08. The van der Waals surface area contributed by atoms with E-state index < -0.39 is 0 Å². The minimum atomic E-state index is 0.0689. The molecule has 6 heteroatoms. The van der Waals surface area contributed by atoms with E-state index in [1.54, 1.807) is 0 Å². The highest BCUT2D eigenvalue weighted by Gasteiger charge is 2.25. The van der Waals surface area contributed by atoms with Crippen LogP contribution >= 0.6 is 0 Å². The maximum atomic E-state index is 11.6. The third kappa shape index (κ3) is 2.47. The van der Waals surface area contributed by atoms with Crippen molar-refractivity contribution < 1.29 is 4.79 Å². The summed E-state index contributed by atoms with van der Waals surface area (Å²) in [4.78, 5) is 18.5. The van der Waals surface area contributed by atoms with E-state index >= 15 is 0 Å². The van der Waals surface area contributed by atoms with E-state index in [0.717, 1.165) is 30.2 Å². The lowest BCUT2D eigenvalue weighted by Gasteiger charge is -2.27. The molecule has 2 N–H and O–H groups in total. The van der Waals surface area contributed by atoms with Crippen LogP contribution in [0.5, 0.6) is 0 Å². The number of amides is 1. The lowest BCUT2D eigenvalue weighted by Crippen LogP contribution is -2.48. The van der Waals surface area contributed by atoms with Crippen LogP contribution in [0.4, 0.5) is 5.82 Å². The fraction of sp³-hybridized carbons (Fsp3) is 0.467. The Hall–Kier alpha value is -2.08. The molecular formula is C15H19N5O.